The summed E-state index contributed by atoms with van der Waals surface area (Å²) >= 11 is 5.98. The van der Waals surface area contributed by atoms with Crippen molar-refractivity contribution >= 4 is 33.2 Å². The largest absolute Gasteiger partial charge is 0.322 e. The minimum atomic E-state index is -3.68. The summed E-state index contributed by atoms with van der Waals surface area (Å²) < 4.78 is 38.2. The number of hydrogen-bond donors (Lipinski definition) is 1. The molecule has 0 bridgehead atoms. The van der Waals surface area contributed by atoms with Crippen molar-refractivity contribution in [2.75, 3.05) is 19.4 Å². The second-order valence-corrected chi connectivity index (χ2v) is 7.45. The third-order valence-electron chi connectivity index (χ3n) is 3.06. The van der Waals surface area contributed by atoms with Gasteiger partial charge in [0.15, 0.2) is 0 Å². The Bertz CT molecular complexity index is 836. The Morgan fingerprint density at radius 3 is 2.30 bits per heavy atom. The Hall–Kier alpha value is -1.96. The van der Waals surface area contributed by atoms with Gasteiger partial charge in [-0.2, -0.15) is 0 Å². The van der Waals surface area contributed by atoms with Gasteiger partial charge in [-0.05, 0) is 42.5 Å². The molecule has 0 atom stereocenters. The Labute approximate surface area is 138 Å². The Morgan fingerprint density at radius 2 is 1.74 bits per heavy atom. The highest BCUT2D eigenvalue weighted by Gasteiger charge is 2.20. The number of nitrogens with one attached hydrogen (secondary N) is 1. The molecule has 0 aromatic heterocycles. The van der Waals surface area contributed by atoms with Gasteiger partial charge in [0.25, 0.3) is 5.91 Å². The molecule has 0 fully saturated rings. The summed E-state index contributed by atoms with van der Waals surface area (Å²) in [6.07, 6.45) is 0. The molecule has 122 valence electrons. The molecule has 23 heavy (non-hydrogen) atoms. The first-order valence-electron chi connectivity index (χ1n) is 6.51. The number of benzene rings is 2. The first kappa shape index (κ1) is 17.4. The molecule has 2 rings (SSSR count). The van der Waals surface area contributed by atoms with E-state index in [1.807, 2.05) is 0 Å². The summed E-state index contributed by atoms with van der Waals surface area (Å²) in [7, 11) is -0.901. The van der Waals surface area contributed by atoms with Crippen LogP contribution in [-0.4, -0.2) is 32.7 Å². The number of anilines is 1. The van der Waals surface area contributed by atoms with Gasteiger partial charge < -0.3 is 5.32 Å². The van der Waals surface area contributed by atoms with Crippen LogP contribution in [0.4, 0.5) is 10.1 Å². The highest BCUT2D eigenvalue weighted by Crippen LogP contribution is 2.23. The molecule has 0 saturated heterocycles. The van der Waals surface area contributed by atoms with E-state index in [0.717, 1.165) is 4.31 Å². The molecule has 5 nitrogen and oxygen atoms in total. The second kappa shape index (κ2) is 6.66. The SMILES string of the molecule is CN(C)S(=O)(=O)c1ccc(Cl)c(C(=O)Nc2ccc(F)cc2)c1. The Kier molecular flexibility index (Phi) is 5.03. The fourth-order valence-electron chi connectivity index (χ4n) is 1.78. The van der Waals surface area contributed by atoms with Gasteiger partial charge >= 0.3 is 0 Å². The summed E-state index contributed by atoms with van der Waals surface area (Å²) in [5, 5.41) is 2.65. The molecule has 0 aliphatic rings. The predicted molar refractivity (Wildman–Crippen MR) is 86.7 cm³/mol. The predicted octanol–water partition coefficient (Wildman–Crippen LogP) is 2.98. The zero-order valence-corrected chi connectivity index (χ0v) is 14.0. The number of carbonyl (C=O) groups is 1. The maximum absolute atomic E-state index is 12.9. The highest BCUT2D eigenvalue weighted by molar-refractivity contribution is 7.89. The molecule has 0 spiro atoms. The van der Waals surface area contributed by atoms with Crippen LogP contribution in [0.2, 0.25) is 5.02 Å². The van der Waals surface area contributed by atoms with Gasteiger partial charge in [-0.3, -0.25) is 4.79 Å². The van der Waals surface area contributed by atoms with Crippen LogP contribution in [0.3, 0.4) is 0 Å². The monoisotopic (exact) mass is 356 g/mol. The summed E-state index contributed by atoms with van der Waals surface area (Å²) in [6.45, 7) is 0. The van der Waals surface area contributed by atoms with Gasteiger partial charge in [0, 0.05) is 19.8 Å². The van der Waals surface area contributed by atoms with Crippen LogP contribution in [0.5, 0.6) is 0 Å². The van der Waals surface area contributed by atoms with Crippen molar-refractivity contribution < 1.29 is 17.6 Å². The van der Waals surface area contributed by atoms with Crippen LogP contribution in [0.1, 0.15) is 10.4 Å². The third-order valence-corrected chi connectivity index (χ3v) is 5.20. The van der Waals surface area contributed by atoms with Gasteiger partial charge in [-0.25, -0.2) is 17.1 Å². The molecule has 1 amide bonds. The minimum Gasteiger partial charge on any atom is -0.322 e. The van der Waals surface area contributed by atoms with E-state index in [9.17, 15) is 17.6 Å². The van der Waals surface area contributed by atoms with Gasteiger partial charge in [-0.1, -0.05) is 11.6 Å². The smallest absolute Gasteiger partial charge is 0.257 e. The number of carbonyl (C=O) groups excluding carboxylic acids is 1. The minimum absolute atomic E-state index is 0.0129. The molecule has 2 aromatic carbocycles. The average Bonchev–Trinajstić information content (AvgIpc) is 2.49. The van der Waals surface area contributed by atoms with E-state index in [-0.39, 0.29) is 15.5 Å². The maximum Gasteiger partial charge on any atom is 0.257 e. The maximum atomic E-state index is 12.9. The van der Waals surface area contributed by atoms with Crippen LogP contribution in [0.15, 0.2) is 47.4 Å². The van der Waals surface area contributed by atoms with E-state index < -0.39 is 21.7 Å². The zero-order chi connectivity index (χ0) is 17.2. The molecule has 8 heteroatoms. The Balaban J connectivity index is 2.35. The van der Waals surface area contributed by atoms with Crippen molar-refractivity contribution in [3.63, 3.8) is 0 Å². The summed E-state index contributed by atoms with van der Waals surface area (Å²) in [6, 6.07) is 9.05. The molecule has 0 radical (unpaired) electrons. The fourth-order valence-corrected chi connectivity index (χ4v) is 2.91. The van der Waals surface area contributed by atoms with Crippen molar-refractivity contribution in [3.8, 4) is 0 Å². The number of amides is 1. The van der Waals surface area contributed by atoms with E-state index in [0.29, 0.717) is 5.69 Å². The third kappa shape index (κ3) is 3.87. The van der Waals surface area contributed by atoms with Crippen molar-refractivity contribution in [3.05, 3.63) is 58.9 Å². The van der Waals surface area contributed by atoms with E-state index in [2.05, 4.69) is 5.32 Å². The van der Waals surface area contributed by atoms with Crippen molar-refractivity contribution in [2.45, 2.75) is 4.90 Å². The molecular weight excluding hydrogens is 343 g/mol. The number of hydrogen-bond acceptors (Lipinski definition) is 3. The zero-order valence-electron chi connectivity index (χ0n) is 12.4. The number of nitrogens with zero attached hydrogens (tertiary/aromatic N) is 1. The van der Waals surface area contributed by atoms with Gasteiger partial charge in [0.05, 0.1) is 15.5 Å². The Morgan fingerprint density at radius 1 is 1.13 bits per heavy atom. The van der Waals surface area contributed by atoms with Gasteiger partial charge in [-0.15, -0.1) is 0 Å². The van der Waals surface area contributed by atoms with Crippen molar-refractivity contribution in [1.82, 2.24) is 4.31 Å². The lowest BCUT2D eigenvalue weighted by molar-refractivity contribution is 0.102. The number of rotatable bonds is 4. The number of halogens is 2. The normalized spacial score (nSPS) is 11.5. The van der Waals surface area contributed by atoms with Crippen LogP contribution < -0.4 is 5.32 Å². The molecule has 1 N–H and O–H groups in total. The van der Waals surface area contributed by atoms with Crippen molar-refractivity contribution in [2.24, 2.45) is 0 Å². The quantitative estimate of drug-likeness (QED) is 0.915. The molecule has 0 unspecified atom stereocenters. The summed E-state index contributed by atoms with van der Waals surface area (Å²) in [5.41, 5.74) is 0.382. The van der Waals surface area contributed by atoms with Crippen LogP contribution >= 0.6 is 11.6 Å². The molecule has 0 saturated carbocycles. The fraction of sp³-hybridized carbons (Fsp3) is 0.133. The van der Waals surface area contributed by atoms with Crippen LogP contribution in [0, 0.1) is 5.82 Å². The topological polar surface area (TPSA) is 66.5 Å². The van der Waals surface area contributed by atoms with E-state index in [1.54, 1.807) is 0 Å². The van der Waals surface area contributed by atoms with E-state index in [4.69, 9.17) is 11.6 Å². The molecular formula is C15H14ClFN2O3S. The summed E-state index contributed by atoms with van der Waals surface area (Å²) in [5.74, 6) is -1.02. The first-order chi connectivity index (χ1) is 10.7. The standard InChI is InChI=1S/C15H14ClFN2O3S/c1-19(2)23(21,22)12-7-8-14(16)13(9-12)15(20)18-11-5-3-10(17)4-6-11/h3-9H,1-2H3,(H,18,20). The lowest BCUT2D eigenvalue weighted by Crippen LogP contribution is -2.23. The van der Waals surface area contributed by atoms with Crippen LogP contribution in [-0.2, 0) is 10.0 Å². The average molecular weight is 357 g/mol. The lowest BCUT2D eigenvalue weighted by atomic mass is 10.2. The van der Waals surface area contributed by atoms with E-state index in [1.165, 1.54) is 56.6 Å². The molecule has 2 aromatic rings. The van der Waals surface area contributed by atoms with E-state index >= 15 is 0 Å². The van der Waals surface area contributed by atoms with Crippen molar-refractivity contribution in [1.29, 1.82) is 0 Å². The summed E-state index contributed by atoms with van der Waals surface area (Å²) in [4.78, 5) is 12.2. The molecule has 0 aliphatic heterocycles. The molecule has 0 aliphatic carbocycles. The molecule has 0 heterocycles. The number of sulfonamides is 1. The highest BCUT2D eigenvalue weighted by atomic mass is 35.5. The van der Waals surface area contributed by atoms with Crippen LogP contribution in [0.25, 0.3) is 0 Å². The second-order valence-electron chi connectivity index (χ2n) is 4.89. The first-order valence-corrected chi connectivity index (χ1v) is 8.32. The van der Waals surface area contributed by atoms with Gasteiger partial charge in [0.1, 0.15) is 5.82 Å². The lowest BCUT2D eigenvalue weighted by Gasteiger charge is -2.13. The van der Waals surface area contributed by atoms with Gasteiger partial charge in [0.2, 0.25) is 10.0 Å².